The number of thiol groups is 1. The predicted molar refractivity (Wildman–Crippen MR) is 92.8 cm³/mol. The molecule has 0 unspecified atom stereocenters. The van der Waals surface area contributed by atoms with Gasteiger partial charge in [0, 0.05) is 30.2 Å². The van der Waals surface area contributed by atoms with Crippen molar-refractivity contribution in [1.82, 2.24) is 19.9 Å². The number of hydrogen-bond acceptors (Lipinski definition) is 7. The molecule has 0 aromatic carbocycles. The van der Waals surface area contributed by atoms with Crippen LogP contribution >= 0.6 is 12.6 Å². The van der Waals surface area contributed by atoms with E-state index in [1.165, 1.54) is 0 Å². The Morgan fingerprint density at radius 2 is 1.95 bits per heavy atom. The van der Waals surface area contributed by atoms with Gasteiger partial charge in [0.15, 0.2) is 5.82 Å². The number of hydrogen-bond donors (Lipinski definition) is 3. The SMILES string of the molecule is CC.Nc1nc(CN2CCC(N)CC2)nc2cc(S)cnc12. The smallest absolute Gasteiger partial charge is 0.153 e. The first-order valence-electron chi connectivity index (χ1n) is 7.71. The molecule has 0 radical (unpaired) electrons. The molecule has 2 aromatic rings. The Bertz CT molecular complexity index is 625. The minimum absolute atomic E-state index is 0.324. The highest BCUT2D eigenvalue weighted by Crippen LogP contribution is 2.19. The quantitative estimate of drug-likeness (QED) is 0.731. The van der Waals surface area contributed by atoms with Gasteiger partial charge in [0.05, 0.1) is 12.1 Å². The maximum Gasteiger partial charge on any atom is 0.153 e. The van der Waals surface area contributed by atoms with Crippen molar-refractivity contribution in [2.45, 2.75) is 44.2 Å². The molecule has 0 bridgehead atoms. The van der Waals surface area contributed by atoms with Crippen molar-refractivity contribution in [2.24, 2.45) is 5.73 Å². The molecular formula is C15H24N6S. The average Bonchev–Trinajstić information content (AvgIpc) is 2.51. The molecule has 0 atom stereocenters. The van der Waals surface area contributed by atoms with Crippen molar-refractivity contribution in [1.29, 1.82) is 0 Å². The maximum atomic E-state index is 5.96. The van der Waals surface area contributed by atoms with Crippen LogP contribution in [0, 0.1) is 0 Å². The standard InChI is InChI=1S/C13H18N6S.C2H6/c14-8-1-3-19(4-2-8)7-11-17-10-5-9(20)6-16-12(10)13(15)18-11;1-2/h5-6,8,20H,1-4,7,14H2,(H2,15,17,18);1-2H3. The topological polar surface area (TPSA) is 94.0 Å². The summed E-state index contributed by atoms with van der Waals surface area (Å²) < 4.78 is 0. The van der Waals surface area contributed by atoms with Crippen molar-refractivity contribution in [3.05, 3.63) is 18.1 Å². The lowest BCUT2D eigenvalue weighted by Crippen LogP contribution is -2.39. The Kier molecular flexibility index (Phi) is 5.93. The summed E-state index contributed by atoms with van der Waals surface area (Å²) in [5, 5.41) is 0. The molecule has 22 heavy (non-hydrogen) atoms. The predicted octanol–water partition coefficient (Wildman–Crippen LogP) is 1.84. The summed E-state index contributed by atoms with van der Waals surface area (Å²) in [6.45, 7) is 6.66. The van der Waals surface area contributed by atoms with Crippen LogP contribution in [-0.2, 0) is 6.54 Å². The second-order valence-corrected chi connectivity index (χ2v) is 5.72. The van der Waals surface area contributed by atoms with E-state index in [-0.39, 0.29) is 0 Å². The Balaban J connectivity index is 0.000000847. The molecule has 0 spiro atoms. The number of fused-ring (bicyclic) bond motifs is 1. The highest BCUT2D eigenvalue weighted by atomic mass is 32.1. The Hall–Kier alpha value is -1.44. The highest BCUT2D eigenvalue weighted by Gasteiger charge is 2.17. The lowest BCUT2D eigenvalue weighted by atomic mass is 10.1. The zero-order valence-electron chi connectivity index (χ0n) is 13.2. The number of nitrogen functional groups attached to an aromatic ring is 1. The second-order valence-electron chi connectivity index (χ2n) is 5.20. The average molecular weight is 320 g/mol. The monoisotopic (exact) mass is 320 g/mol. The van der Waals surface area contributed by atoms with Crippen LogP contribution in [0.5, 0.6) is 0 Å². The lowest BCUT2D eigenvalue weighted by molar-refractivity contribution is 0.201. The first-order valence-corrected chi connectivity index (χ1v) is 8.15. The Labute approximate surface area is 136 Å². The third-order valence-corrected chi connectivity index (χ3v) is 3.84. The molecule has 6 nitrogen and oxygen atoms in total. The molecule has 1 aliphatic heterocycles. The summed E-state index contributed by atoms with van der Waals surface area (Å²) in [6.07, 6.45) is 3.69. The van der Waals surface area contributed by atoms with Gasteiger partial charge in [0.2, 0.25) is 0 Å². The molecule has 120 valence electrons. The van der Waals surface area contributed by atoms with Gasteiger partial charge in [-0.15, -0.1) is 12.6 Å². The van der Waals surface area contributed by atoms with Crippen LogP contribution in [-0.4, -0.2) is 39.0 Å². The molecule has 1 saturated heterocycles. The largest absolute Gasteiger partial charge is 0.382 e. The van der Waals surface area contributed by atoms with Gasteiger partial charge in [-0.2, -0.15) is 0 Å². The van der Waals surface area contributed by atoms with Gasteiger partial charge < -0.3 is 11.5 Å². The summed E-state index contributed by atoms with van der Waals surface area (Å²) in [7, 11) is 0. The van der Waals surface area contributed by atoms with Gasteiger partial charge in [-0.1, -0.05) is 13.8 Å². The van der Waals surface area contributed by atoms with Gasteiger partial charge >= 0.3 is 0 Å². The first kappa shape index (κ1) is 16.9. The maximum absolute atomic E-state index is 5.96. The van der Waals surface area contributed by atoms with Gasteiger partial charge in [-0.3, -0.25) is 4.90 Å². The number of nitrogens with two attached hydrogens (primary N) is 2. The molecule has 3 heterocycles. The molecule has 1 aliphatic rings. The van der Waals surface area contributed by atoms with Gasteiger partial charge in [0.25, 0.3) is 0 Å². The fraction of sp³-hybridized carbons (Fsp3) is 0.533. The summed E-state index contributed by atoms with van der Waals surface area (Å²) in [5.41, 5.74) is 13.2. The van der Waals surface area contributed by atoms with Crippen LogP contribution in [0.1, 0.15) is 32.5 Å². The second kappa shape index (κ2) is 7.71. The van der Waals surface area contributed by atoms with Crippen LogP contribution in [0.4, 0.5) is 5.82 Å². The molecule has 4 N–H and O–H groups in total. The lowest BCUT2D eigenvalue weighted by Gasteiger charge is -2.29. The number of rotatable bonds is 2. The van der Waals surface area contributed by atoms with E-state index in [0.29, 0.717) is 23.9 Å². The van der Waals surface area contributed by atoms with E-state index >= 15 is 0 Å². The molecule has 0 amide bonds. The van der Waals surface area contributed by atoms with Crippen LogP contribution in [0.2, 0.25) is 0 Å². The Morgan fingerprint density at radius 3 is 2.64 bits per heavy atom. The number of nitrogens with zero attached hydrogens (tertiary/aromatic N) is 4. The normalized spacial score (nSPS) is 16.4. The van der Waals surface area contributed by atoms with Crippen molar-refractivity contribution in [3.63, 3.8) is 0 Å². The third-order valence-electron chi connectivity index (χ3n) is 3.59. The van der Waals surface area contributed by atoms with E-state index in [1.54, 1.807) is 6.20 Å². The summed E-state index contributed by atoms with van der Waals surface area (Å²) in [6, 6.07) is 2.18. The van der Waals surface area contributed by atoms with E-state index in [0.717, 1.165) is 42.2 Å². The zero-order valence-corrected chi connectivity index (χ0v) is 14.1. The summed E-state index contributed by atoms with van der Waals surface area (Å²) in [5.74, 6) is 1.15. The van der Waals surface area contributed by atoms with Crippen molar-refractivity contribution in [2.75, 3.05) is 18.8 Å². The van der Waals surface area contributed by atoms with Crippen molar-refractivity contribution in [3.8, 4) is 0 Å². The highest BCUT2D eigenvalue weighted by molar-refractivity contribution is 7.80. The Morgan fingerprint density at radius 1 is 1.27 bits per heavy atom. The van der Waals surface area contributed by atoms with Gasteiger partial charge in [-0.25, -0.2) is 15.0 Å². The number of pyridine rings is 1. The van der Waals surface area contributed by atoms with Crippen molar-refractivity contribution < 1.29 is 0 Å². The van der Waals surface area contributed by atoms with Crippen LogP contribution in [0.15, 0.2) is 17.2 Å². The van der Waals surface area contributed by atoms with Crippen LogP contribution < -0.4 is 11.5 Å². The number of likely N-dealkylation sites (tertiary alicyclic amines) is 1. The first-order chi connectivity index (χ1) is 10.6. The van der Waals surface area contributed by atoms with E-state index in [9.17, 15) is 0 Å². The minimum atomic E-state index is 0.324. The third kappa shape index (κ3) is 4.06. The van der Waals surface area contributed by atoms with Crippen LogP contribution in [0.25, 0.3) is 11.0 Å². The van der Waals surface area contributed by atoms with E-state index in [2.05, 4.69) is 32.5 Å². The van der Waals surface area contributed by atoms with Gasteiger partial charge in [-0.05, 0) is 18.9 Å². The fourth-order valence-corrected chi connectivity index (χ4v) is 2.64. The number of anilines is 1. The van der Waals surface area contributed by atoms with E-state index < -0.39 is 0 Å². The summed E-state index contributed by atoms with van der Waals surface area (Å²) in [4.78, 5) is 16.2. The molecule has 7 heteroatoms. The molecule has 2 aromatic heterocycles. The van der Waals surface area contributed by atoms with Crippen LogP contribution in [0.3, 0.4) is 0 Å². The molecule has 0 saturated carbocycles. The van der Waals surface area contributed by atoms with Gasteiger partial charge in [0.1, 0.15) is 11.3 Å². The molecule has 0 aliphatic carbocycles. The molecule has 3 rings (SSSR count). The fourth-order valence-electron chi connectivity index (χ4n) is 2.46. The van der Waals surface area contributed by atoms with E-state index in [1.807, 2.05) is 19.9 Å². The molecular weight excluding hydrogens is 296 g/mol. The number of piperidine rings is 1. The zero-order chi connectivity index (χ0) is 16.1. The number of aromatic nitrogens is 3. The van der Waals surface area contributed by atoms with E-state index in [4.69, 9.17) is 11.5 Å². The summed E-state index contributed by atoms with van der Waals surface area (Å²) >= 11 is 4.28. The minimum Gasteiger partial charge on any atom is -0.382 e. The van der Waals surface area contributed by atoms with Crippen molar-refractivity contribution >= 4 is 29.5 Å². The molecule has 1 fully saturated rings.